The van der Waals surface area contributed by atoms with E-state index < -0.39 is 0 Å². The quantitative estimate of drug-likeness (QED) is 0.788. The molecule has 0 aliphatic heterocycles. The minimum atomic E-state index is -0.365. The normalized spacial score (nSPS) is 10.8. The number of hydrogen-bond donors (Lipinski definition) is 1. The molecular weight excluding hydrogens is 311 g/mol. The second-order valence-corrected chi connectivity index (χ2v) is 5.26. The molecule has 0 unspecified atom stereocenters. The summed E-state index contributed by atoms with van der Waals surface area (Å²) in [5.74, 6) is 0. The van der Waals surface area contributed by atoms with E-state index in [1.165, 1.54) is 10.9 Å². The van der Waals surface area contributed by atoms with Crippen LogP contribution in [0.4, 0.5) is 0 Å². The summed E-state index contributed by atoms with van der Waals surface area (Å²) < 4.78 is 1.39. The third-order valence-corrected chi connectivity index (χ3v) is 3.62. The number of benzene rings is 1. The van der Waals surface area contributed by atoms with E-state index in [-0.39, 0.29) is 5.56 Å². The summed E-state index contributed by atoms with van der Waals surface area (Å²) in [4.78, 5) is 12.2. The van der Waals surface area contributed by atoms with Gasteiger partial charge in [-0.1, -0.05) is 35.3 Å². The molecule has 0 amide bonds. The smallest absolute Gasteiger partial charge is 0.266 e. The molecule has 7 heteroatoms. The molecule has 1 aromatic carbocycles. The fraction of sp³-hybridized carbons (Fsp3) is 0.0714. The first-order valence-electron chi connectivity index (χ1n) is 6.13. The zero-order valence-electron chi connectivity index (χ0n) is 11.0. The monoisotopic (exact) mass is 320 g/mol. The van der Waals surface area contributed by atoms with Crippen LogP contribution in [0.15, 0.2) is 41.3 Å². The molecule has 0 saturated carbocycles. The minimum Gasteiger partial charge on any atom is -0.266 e. The second kappa shape index (κ2) is 5.35. The third-order valence-electron chi connectivity index (χ3n) is 3.08. The number of aromatic amines is 1. The fourth-order valence-corrected chi connectivity index (χ4v) is 2.45. The summed E-state index contributed by atoms with van der Waals surface area (Å²) in [6, 6.07) is 8.78. The van der Waals surface area contributed by atoms with Crippen LogP contribution in [-0.4, -0.2) is 20.0 Å². The van der Waals surface area contributed by atoms with E-state index in [2.05, 4.69) is 15.3 Å². The highest BCUT2D eigenvalue weighted by molar-refractivity contribution is 6.30. The molecule has 21 heavy (non-hydrogen) atoms. The van der Waals surface area contributed by atoms with Gasteiger partial charge in [0.05, 0.1) is 11.9 Å². The largest absolute Gasteiger partial charge is 0.290 e. The van der Waals surface area contributed by atoms with Crippen molar-refractivity contribution in [3.63, 3.8) is 0 Å². The zero-order valence-corrected chi connectivity index (χ0v) is 12.5. The summed E-state index contributed by atoms with van der Waals surface area (Å²) in [6.45, 7) is 1.81. The van der Waals surface area contributed by atoms with E-state index in [0.29, 0.717) is 27.1 Å². The maximum absolute atomic E-state index is 12.2. The average molecular weight is 321 g/mol. The van der Waals surface area contributed by atoms with Gasteiger partial charge >= 0.3 is 0 Å². The molecule has 0 radical (unpaired) electrons. The highest BCUT2D eigenvalue weighted by Crippen LogP contribution is 2.28. The van der Waals surface area contributed by atoms with Crippen molar-refractivity contribution in [3.05, 3.63) is 62.8 Å². The average Bonchev–Trinajstić information content (AvgIpc) is 2.88. The van der Waals surface area contributed by atoms with Gasteiger partial charge in [-0.05, 0) is 30.7 Å². The van der Waals surface area contributed by atoms with Crippen molar-refractivity contribution >= 4 is 23.2 Å². The maximum Gasteiger partial charge on any atom is 0.290 e. The van der Waals surface area contributed by atoms with Gasteiger partial charge in [0, 0.05) is 10.6 Å². The van der Waals surface area contributed by atoms with E-state index in [1.807, 2.05) is 12.1 Å². The van der Waals surface area contributed by atoms with E-state index >= 15 is 0 Å². The SMILES string of the molecule is Cc1n[nH]c(=O)c(-n2nccc2Cl)c1-c1ccc(Cl)cc1. The van der Waals surface area contributed by atoms with Crippen LogP contribution in [0.1, 0.15) is 5.69 Å². The number of halogens is 2. The topological polar surface area (TPSA) is 63.6 Å². The van der Waals surface area contributed by atoms with E-state index in [9.17, 15) is 4.79 Å². The molecule has 106 valence electrons. The fourth-order valence-electron chi connectivity index (χ4n) is 2.14. The van der Waals surface area contributed by atoms with Gasteiger partial charge in [0.1, 0.15) is 10.8 Å². The Morgan fingerprint density at radius 1 is 1.14 bits per heavy atom. The van der Waals surface area contributed by atoms with Crippen LogP contribution < -0.4 is 5.56 Å². The Kier molecular flexibility index (Phi) is 3.53. The highest BCUT2D eigenvalue weighted by atomic mass is 35.5. The van der Waals surface area contributed by atoms with Gasteiger partial charge in [-0.3, -0.25) is 4.79 Å². The van der Waals surface area contributed by atoms with Crippen molar-refractivity contribution in [1.82, 2.24) is 20.0 Å². The predicted octanol–water partition coefficient (Wildman–Crippen LogP) is 3.24. The molecule has 3 rings (SSSR count). The highest BCUT2D eigenvalue weighted by Gasteiger charge is 2.17. The van der Waals surface area contributed by atoms with Crippen molar-refractivity contribution in [2.75, 3.05) is 0 Å². The van der Waals surface area contributed by atoms with Gasteiger partial charge in [0.25, 0.3) is 5.56 Å². The van der Waals surface area contributed by atoms with Crippen LogP contribution in [-0.2, 0) is 0 Å². The number of nitrogens with one attached hydrogen (secondary N) is 1. The Morgan fingerprint density at radius 2 is 1.86 bits per heavy atom. The molecule has 0 aliphatic carbocycles. The minimum absolute atomic E-state index is 0.333. The molecule has 2 aromatic heterocycles. The molecule has 0 atom stereocenters. The molecule has 0 aliphatic rings. The maximum atomic E-state index is 12.2. The number of H-pyrrole nitrogens is 1. The van der Waals surface area contributed by atoms with Crippen molar-refractivity contribution in [2.45, 2.75) is 6.92 Å². The Balaban J connectivity index is 2.34. The van der Waals surface area contributed by atoms with Crippen LogP contribution >= 0.6 is 23.2 Å². The first kappa shape index (κ1) is 13.9. The van der Waals surface area contributed by atoms with Gasteiger partial charge in [-0.2, -0.15) is 10.2 Å². The lowest BCUT2D eigenvalue weighted by Gasteiger charge is -2.11. The summed E-state index contributed by atoms with van der Waals surface area (Å²) in [5, 5.41) is 11.5. The van der Waals surface area contributed by atoms with E-state index in [0.717, 1.165) is 5.56 Å². The number of nitrogens with zero attached hydrogens (tertiary/aromatic N) is 3. The molecule has 0 spiro atoms. The number of hydrogen-bond acceptors (Lipinski definition) is 3. The Bertz CT molecular complexity index is 852. The Morgan fingerprint density at radius 3 is 2.48 bits per heavy atom. The predicted molar refractivity (Wildman–Crippen MR) is 82.2 cm³/mol. The molecule has 3 aromatic rings. The molecular formula is C14H10Cl2N4O. The number of aryl methyl sites for hydroxylation is 1. The Hall–Kier alpha value is -2.11. The summed E-state index contributed by atoms with van der Waals surface area (Å²) >= 11 is 12.0. The molecule has 0 fully saturated rings. The lowest BCUT2D eigenvalue weighted by atomic mass is 10.0. The van der Waals surface area contributed by atoms with Crippen molar-refractivity contribution in [3.8, 4) is 16.8 Å². The lowest BCUT2D eigenvalue weighted by molar-refractivity contribution is 0.835. The number of aromatic nitrogens is 4. The molecule has 1 N–H and O–H groups in total. The third kappa shape index (κ3) is 2.46. The van der Waals surface area contributed by atoms with E-state index in [4.69, 9.17) is 23.2 Å². The second-order valence-electron chi connectivity index (χ2n) is 4.43. The van der Waals surface area contributed by atoms with Gasteiger partial charge in [-0.15, -0.1) is 0 Å². The van der Waals surface area contributed by atoms with Gasteiger partial charge in [0.2, 0.25) is 0 Å². The first-order valence-corrected chi connectivity index (χ1v) is 6.88. The first-order chi connectivity index (χ1) is 10.1. The molecule has 0 saturated heterocycles. The Labute approximate surface area is 130 Å². The summed E-state index contributed by atoms with van der Waals surface area (Å²) in [5.41, 5.74) is 2.12. The van der Waals surface area contributed by atoms with Gasteiger partial charge < -0.3 is 0 Å². The van der Waals surface area contributed by atoms with Gasteiger partial charge in [0.15, 0.2) is 0 Å². The van der Waals surface area contributed by atoms with Crippen LogP contribution in [0.2, 0.25) is 10.2 Å². The van der Waals surface area contributed by atoms with Crippen molar-refractivity contribution in [2.24, 2.45) is 0 Å². The van der Waals surface area contributed by atoms with Crippen LogP contribution in [0.25, 0.3) is 16.8 Å². The zero-order chi connectivity index (χ0) is 15.0. The van der Waals surface area contributed by atoms with E-state index in [1.54, 1.807) is 25.1 Å². The van der Waals surface area contributed by atoms with Crippen LogP contribution in [0, 0.1) is 6.92 Å². The van der Waals surface area contributed by atoms with Crippen LogP contribution in [0.5, 0.6) is 0 Å². The lowest BCUT2D eigenvalue weighted by Crippen LogP contribution is -2.19. The van der Waals surface area contributed by atoms with Gasteiger partial charge in [-0.25, -0.2) is 9.78 Å². The van der Waals surface area contributed by atoms with Crippen molar-refractivity contribution in [1.29, 1.82) is 0 Å². The standard InChI is InChI=1S/C14H10Cl2N4O/c1-8-12(9-2-4-10(15)5-3-9)13(14(21)19-18-8)20-11(16)6-7-17-20/h2-7H,1H3,(H,19,21). The molecule has 0 bridgehead atoms. The number of rotatable bonds is 2. The molecule has 2 heterocycles. The van der Waals surface area contributed by atoms with Crippen LogP contribution in [0.3, 0.4) is 0 Å². The van der Waals surface area contributed by atoms with Crippen molar-refractivity contribution < 1.29 is 0 Å². The molecule has 5 nitrogen and oxygen atoms in total. The summed E-state index contributed by atoms with van der Waals surface area (Å²) in [6.07, 6.45) is 1.53. The summed E-state index contributed by atoms with van der Waals surface area (Å²) in [7, 11) is 0.